The van der Waals surface area contributed by atoms with Crippen LogP contribution in [-0.4, -0.2) is 41.6 Å². The van der Waals surface area contributed by atoms with Crippen LogP contribution < -0.4 is 10.3 Å². The van der Waals surface area contributed by atoms with Crippen molar-refractivity contribution in [1.82, 2.24) is 14.5 Å². The summed E-state index contributed by atoms with van der Waals surface area (Å²) in [5, 5.41) is 0. The molecule has 2 aromatic carbocycles. The number of hydrogen-bond acceptors (Lipinski definition) is 5. The van der Waals surface area contributed by atoms with Crippen molar-refractivity contribution in [2.75, 3.05) is 21.2 Å². The fraction of sp³-hybridized carbons (Fsp3) is 0.174. The van der Waals surface area contributed by atoms with Crippen molar-refractivity contribution in [3.63, 3.8) is 0 Å². The number of ether oxygens (including phenoxy) is 1. The molecule has 30 heavy (non-hydrogen) atoms. The van der Waals surface area contributed by atoms with Gasteiger partial charge in [-0.2, -0.15) is 0 Å². The van der Waals surface area contributed by atoms with Crippen LogP contribution in [-0.2, 0) is 6.54 Å². The largest absolute Gasteiger partial charge is 0.497 e. The average Bonchev–Trinajstić information content (AvgIpc) is 3.21. The van der Waals surface area contributed by atoms with Gasteiger partial charge < -0.3 is 9.64 Å². The van der Waals surface area contributed by atoms with Crippen LogP contribution in [0.4, 0.5) is 0 Å². The lowest BCUT2D eigenvalue weighted by Gasteiger charge is -2.11. The number of fused-ring (bicyclic) bond motifs is 1. The Labute approximate surface area is 178 Å². The second kappa shape index (κ2) is 8.12. The van der Waals surface area contributed by atoms with E-state index in [1.54, 1.807) is 44.2 Å². The maximum atomic E-state index is 13.0. The zero-order chi connectivity index (χ0) is 21.3. The van der Waals surface area contributed by atoms with Crippen molar-refractivity contribution in [3.05, 3.63) is 82.4 Å². The predicted octanol–water partition coefficient (Wildman–Crippen LogP) is 3.88. The molecule has 152 valence electrons. The average molecular weight is 420 g/mol. The number of nitrogens with zero attached hydrogens (tertiary/aromatic N) is 3. The third kappa shape index (κ3) is 3.84. The van der Waals surface area contributed by atoms with Crippen LogP contribution in [0.3, 0.4) is 0 Å². The molecule has 0 aliphatic rings. The molecule has 0 radical (unpaired) electrons. The molecule has 0 aliphatic carbocycles. The molecule has 0 atom stereocenters. The minimum absolute atomic E-state index is 0.0496. The van der Waals surface area contributed by atoms with Crippen LogP contribution in [0.15, 0.2) is 65.7 Å². The Morgan fingerprint density at radius 1 is 1.10 bits per heavy atom. The lowest BCUT2D eigenvalue weighted by Crippen LogP contribution is -2.22. The number of thiophene rings is 1. The Balaban J connectivity index is 1.62. The first-order chi connectivity index (χ1) is 14.5. The summed E-state index contributed by atoms with van der Waals surface area (Å²) < 4.78 is 7.43. The van der Waals surface area contributed by atoms with Crippen molar-refractivity contribution in [3.8, 4) is 16.2 Å². The van der Waals surface area contributed by atoms with Gasteiger partial charge in [-0.3, -0.25) is 14.2 Å². The Kier molecular flexibility index (Phi) is 5.37. The number of benzene rings is 2. The molecule has 2 heterocycles. The molecule has 2 aromatic heterocycles. The number of amides is 1. The first-order valence-corrected chi connectivity index (χ1v) is 10.2. The van der Waals surface area contributed by atoms with Crippen LogP contribution in [0.2, 0.25) is 0 Å². The second-order valence-electron chi connectivity index (χ2n) is 7.13. The van der Waals surface area contributed by atoms with E-state index in [9.17, 15) is 9.59 Å². The van der Waals surface area contributed by atoms with Gasteiger partial charge in [0, 0.05) is 24.5 Å². The molecule has 0 saturated heterocycles. The van der Waals surface area contributed by atoms with Gasteiger partial charge in [0.25, 0.3) is 11.5 Å². The summed E-state index contributed by atoms with van der Waals surface area (Å²) in [6, 6.07) is 17.0. The van der Waals surface area contributed by atoms with E-state index < -0.39 is 0 Å². The number of carbonyl (C=O) groups is 1. The molecule has 0 unspecified atom stereocenters. The molecule has 0 fully saturated rings. The van der Waals surface area contributed by atoms with Crippen molar-refractivity contribution in [2.45, 2.75) is 6.54 Å². The van der Waals surface area contributed by atoms with Crippen LogP contribution in [0.1, 0.15) is 15.9 Å². The molecule has 0 N–H and O–H groups in total. The summed E-state index contributed by atoms with van der Waals surface area (Å²) in [5.41, 5.74) is 3.19. The summed E-state index contributed by atoms with van der Waals surface area (Å²) >= 11 is 1.44. The Bertz CT molecular complexity index is 1260. The van der Waals surface area contributed by atoms with Gasteiger partial charge in [-0.15, -0.1) is 11.3 Å². The van der Waals surface area contributed by atoms with Crippen LogP contribution in [0.5, 0.6) is 5.75 Å². The molecule has 4 aromatic rings. The summed E-state index contributed by atoms with van der Waals surface area (Å²) in [4.78, 5) is 32.0. The highest BCUT2D eigenvalue weighted by atomic mass is 32.1. The minimum Gasteiger partial charge on any atom is -0.497 e. The third-order valence-electron chi connectivity index (χ3n) is 4.84. The van der Waals surface area contributed by atoms with Gasteiger partial charge >= 0.3 is 0 Å². The fourth-order valence-electron chi connectivity index (χ4n) is 3.16. The van der Waals surface area contributed by atoms with Gasteiger partial charge in [0.2, 0.25) is 0 Å². The third-order valence-corrected chi connectivity index (χ3v) is 6.00. The molecule has 0 saturated carbocycles. The topological polar surface area (TPSA) is 64.4 Å². The van der Waals surface area contributed by atoms with Gasteiger partial charge in [0.15, 0.2) is 0 Å². The fourth-order valence-corrected chi connectivity index (χ4v) is 4.23. The molecule has 1 amide bonds. The van der Waals surface area contributed by atoms with E-state index in [4.69, 9.17) is 4.74 Å². The van der Waals surface area contributed by atoms with Gasteiger partial charge in [0.05, 0.1) is 25.5 Å². The van der Waals surface area contributed by atoms with E-state index in [1.165, 1.54) is 16.2 Å². The van der Waals surface area contributed by atoms with E-state index in [0.717, 1.165) is 21.8 Å². The highest BCUT2D eigenvalue weighted by Gasteiger charge is 2.12. The van der Waals surface area contributed by atoms with E-state index in [2.05, 4.69) is 4.98 Å². The Hall–Kier alpha value is -3.45. The quantitative estimate of drug-likeness (QED) is 0.492. The maximum absolute atomic E-state index is 13.0. The minimum atomic E-state index is -0.0711. The van der Waals surface area contributed by atoms with E-state index in [1.807, 2.05) is 42.5 Å². The van der Waals surface area contributed by atoms with Crippen LogP contribution in [0.25, 0.3) is 20.7 Å². The standard InChI is InChI=1S/C23H21N3O3S/c1-25(2)22(27)17-6-4-15(5-7-17)13-26-14-24-19-12-20(30-21(19)23(26)28)16-8-10-18(29-3)11-9-16/h4-12,14H,13H2,1-3H3. The Morgan fingerprint density at radius 3 is 2.43 bits per heavy atom. The zero-order valence-corrected chi connectivity index (χ0v) is 17.8. The smallest absolute Gasteiger partial charge is 0.271 e. The molecular weight excluding hydrogens is 398 g/mol. The molecule has 0 bridgehead atoms. The second-order valence-corrected chi connectivity index (χ2v) is 8.18. The van der Waals surface area contributed by atoms with Crippen molar-refractivity contribution < 1.29 is 9.53 Å². The molecule has 6 nitrogen and oxygen atoms in total. The lowest BCUT2D eigenvalue weighted by molar-refractivity contribution is 0.0827. The van der Waals surface area contributed by atoms with Gasteiger partial charge in [-0.1, -0.05) is 12.1 Å². The molecule has 4 rings (SSSR count). The summed E-state index contributed by atoms with van der Waals surface area (Å²) in [6.07, 6.45) is 1.58. The SMILES string of the molecule is COc1ccc(-c2cc3ncn(Cc4ccc(C(=O)N(C)C)cc4)c(=O)c3s2)cc1. The molecule has 0 aliphatic heterocycles. The monoisotopic (exact) mass is 419 g/mol. The van der Waals surface area contributed by atoms with E-state index >= 15 is 0 Å². The van der Waals surface area contributed by atoms with Gasteiger partial charge in [-0.25, -0.2) is 4.98 Å². The van der Waals surface area contributed by atoms with Crippen molar-refractivity contribution in [1.29, 1.82) is 0 Å². The number of methoxy groups -OCH3 is 1. The highest BCUT2D eigenvalue weighted by Crippen LogP contribution is 2.31. The molecular formula is C23H21N3O3S. The first kappa shape index (κ1) is 19.8. The van der Waals surface area contributed by atoms with E-state index in [0.29, 0.717) is 22.3 Å². The van der Waals surface area contributed by atoms with Crippen molar-refractivity contribution >= 4 is 27.5 Å². The zero-order valence-electron chi connectivity index (χ0n) is 17.0. The normalized spacial score (nSPS) is 10.9. The lowest BCUT2D eigenvalue weighted by atomic mass is 10.1. The first-order valence-electron chi connectivity index (χ1n) is 9.40. The van der Waals surface area contributed by atoms with Crippen LogP contribution >= 0.6 is 11.3 Å². The summed E-state index contributed by atoms with van der Waals surface area (Å²) in [6.45, 7) is 0.397. The van der Waals surface area contributed by atoms with Gasteiger partial charge in [0.1, 0.15) is 10.4 Å². The molecule has 7 heteroatoms. The highest BCUT2D eigenvalue weighted by molar-refractivity contribution is 7.22. The van der Waals surface area contributed by atoms with Crippen molar-refractivity contribution in [2.24, 2.45) is 0 Å². The summed E-state index contributed by atoms with van der Waals surface area (Å²) in [7, 11) is 5.07. The predicted molar refractivity (Wildman–Crippen MR) is 119 cm³/mol. The Morgan fingerprint density at radius 2 is 1.80 bits per heavy atom. The number of carbonyl (C=O) groups excluding carboxylic acids is 1. The maximum Gasteiger partial charge on any atom is 0.271 e. The summed E-state index contributed by atoms with van der Waals surface area (Å²) in [5.74, 6) is 0.741. The van der Waals surface area contributed by atoms with Gasteiger partial charge in [-0.05, 0) is 53.6 Å². The molecule has 0 spiro atoms. The van der Waals surface area contributed by atoms with E-state index in [-0.39, 0.29) is 11.5 Å². The number of rotatable bonds is 5. The number of hydrogen-bond donors (Lipinski definition) is 0. The number of aromatic nitrogens is 2. The van der Waals surface area contributed by atoms with Crippen LogP contribution in [0, 0.1) is 0 Å².